The molecule has 4 nitrogen and oxygen atoms in total. The predicted octanol–water partition coefficient (Wildman–Crippen LogP) is 2.79. The standard InChI is InChI=1S/C10H19O4P/c1-5-9(4)10(11)8-15(12,13-6-2)14-7-3/h4-8H2,1-3H3. The van der Waals surface area contributed by atoms with E-state index in [0.29, 0.717) is 12.0 Å². The monoisotopic (exact) mass is 234 g/mol. The van der Waals surface area contributed by atoms with Gasteiger partial charge in [0.2, 0.25) is 0 Å². The number of rotatable bonds is 8. The van der Waals surface area contributed by atoms with Gasteiger partial charge in [-0.15, -0.1) is 0 Å². The summed E-state index contributed by atoms with van der Waals surface area (Å²) in [5.41, 5.74) is 0.453. The fourth-order valence-corrected chi connectivity index (χ4v) is 2.63. The van der Waals surface area contributed by atoms with Gasteiger partial charge in [0.15, 0.2) is 5.78 Å². The quantitative estimate of drug-likeness (QED) is 0.478. The summed E-state index contributed by atoms with van der Waals surface area (Å²) in [5, 5.41) is 0. The molecule has 0 fully saturated rings. The summed E-state index contributed by atoms with van der Waals surface area (Å²) in [4.78, 5) is 11.5. The Morgan fingerprint density at radius 2 is 1.67 bits per heavy atom. The summed E-state index contributed by atoms with van der Waals surface area (Å²) < 4.78 is 22.0. The second-order valence-corrected chi connectivity index (χ2v) is 5.04. The van der Waals surface area contributed by atoms with Gasteiger partial charge in [-0.2, -0.15) is 0 Å². The highest BCUT2D eigenvalue weighted by Crippen LogP contribution is 2.48. The Morgan fingerprint density at radius 3 is 2.00 bits per heavy atom. The van der Waals surface area contributed by atoms with Crippen LogP contribution in [0.1, 0.15) is 27.2 Å². The molecule has 0 aliphatic heterocycles. The first-order valence-electron chi connectivity index (χ1n) is 5.08. The second kappa shape index (κ2) is 6.94. The Kier molecular flexibility index (Phi) is 6.73. The first-order chi connectivity index (χ1) is 6.99. The minimum atomic E-state index is -3.25. The number of Topliss-reactive ketones (excluding diaryl/α,β-unsaturated/α-hetero) is 1. The van der Waals surface area contributed by atoms with E-state index in [4.69, 9.17) is 9.05 Å². The molecule has 0 saturated carbocycles. The van der Waals surface area contributed by atoms with Gasteiger partial charge in [0, 0.05) is 0 Å². The molecular weight excluding hydrogens is 215 g/mol. The van der Waals surface area contributed by atoms with Crippen LogP contribution in [0.2, 0.25) is 0 Å². The number of hydrogen-bond donors (Lipinski definition) is 0. The lowest BCUT2D eigenvalue weighted by atomic mass is 10.2. The Balaban J connectivity index is 4.47. The van der Waals surface area contributed by atoms with Crippen molar-refractivity contribution in [3.63, 3.8) is 0 Å². The molecule has 0 spiro atoms. The summed E-state index contributed by atoms with van der Waals surface area (Å²) in [6.45, 7) is 9.38. The van der Waals surface area contributed by atoms with Gasteiger partial charge in [-0.1, -0.05) is 13.5 Å². The van der Waals surface area contributed by atoms with Crippen LogP contribution < -0.4 is 0 Å². The van der Waals surface area contributed by atoms with E-state index >= 15 is 0 Å². The molecule has 0 amide bonds. The van der Waals surface area contributed by atoms with Crippen LogP contribution in [0.25, 0.3) is 0 Å². The summed E-state index contributed by atoms with van der Waals surface area (Å²) in [7, 11) is -3.25. The van der Waals surface area contributed by atoms with Gasteiger partial charge in [-0.3, -0.25) is 9.36 Å². The summed E-state index contributed by atoms with van der Waals surface area (Å²) in [6, 6.07) is 0. The van der Waals surface area contributed by atoms with Crippen LogP contribution in [0.15, 0.2) is 12.2 Å². The Labute approximate surface area is 91.2 Å². The van der Waals surface area contributed by atoms with Crippen molar-refractivity contribution in [3.8, 4) is 0 Å². The van der Waals surface area contributed by atoms with E-state index in [-0.39, 0.29) is 25.2 Å². The topological polar surface area (TPSA) is 52.6 Å². The fraction of sp³-hybridized carbons (Fsp3) is 0.700. The number of carbonyl (C=O) groups excluding carboxylic acids is 1. The highest BCUT2D eigenvalue weighted by Gasteiger charge is 2.27. The van der Waals surface area contributed by atoms with Crippen LogP contribution in [0.4, 0.5) is 0 Å². The van der Waals surface area contributed by atoms with Gasteiger partial charge in [-0.25, -0.2) is 0 Å². The minimum absolute atomic E-state index is 0.207. The van der Waals surface area contributed by atoms with Crippen molar-refractivity contribution < 1.29 is 18.4 Å². The zero-order chi connectivity index (χ0) is 11.9. The van der Waals surface area contributed by atoms with Gasteiger partial charge < -0.3 is 9.05 Å². The van der Waals surface area contributed by atoms with Crippen LogP contribution in [0.5, 0.6) is 0 Å². The summed E-state index contributed by atoms with van der Waals surface area (Å²) in [6.07, 6.45) is 0.346. The molecule has 0 radical (unpaired) electrons. The Bertz CT molecular complexity index is 263. The summed E-state index contributed by atoms with van der Waals surface area (Å²) >= 11 is 0. The maximum atomic E-state index is 11.9. The van der Waals surface area contributed by atoms with Gasteiger partial charge in [0.1, 0.15) is 6.16 Å². The molecule has 0 aromatic heterocycles. The Morgan fingerprint density at radius 1 is 1.20 bits per heavy atom. The van der Waals surface area contributed by atoms with E-state index in [2.05, 4.69) is 6.58 Å². The van der Waals surface area contributed by atoms with Crippen LogP contribution in [0, 0.1) is 0 Å². The van der Waals surface area contributed by atoms with E-state index < -0.39 is 7.60 Å². The summed E-state index contributed by atoms with van der Waals surface area (Å²) in [5.74, 6) is -0.247. The number of allylic oxidation sites excluding steroid dienone is 1. The number of hydrogen-bond acceptors (Lipinski definition) is 4. The van der Waals surface area contributed by atoms with Gasteiger partial charge in [-0.05, 0) is 25.8 Å². The van der Waals surface area contributed by atoms with E-state index in [9.17, 15) is 9.36 Å². The first-order valence-corrected chi connectivity index (χ1v) is 6.81. The van der Waals surface area contributed by atoms with Crippen LogP contribution in [-0.4, -0.2) is 25.2 Å². The lowest BCUT2D eigenvalue weighted by molar-refractivity contribution is -0.113. The molecule has 5 heteroatoms. The molecule has 0 unspecified atom stereocenters. The molecule has 0 atom stereocenters. The Hall–Kier alpha value is -0.440. The minimum Gasteiger partial charge on any atom is -0.309 e. The molecule has 0 aliphatic rings. The van der Waals surface area contributed by atoms with Crippen molar-refractivity contribution in [2.45, 2.75) is 27.2 Å². The molecule has 0 aliphatic carbocycles. The highest BCUT2D eigenvalue weighted by molar-refractivity contribution is 7.54. The van der Waals surface area contributed by atoms with Gasteiger partial charge in [0.25, 0.3) is 0 Å². The van der Waals surface area contributed by atoms with E-state index in [0.717, 1.165) is 0 Å². The molecular formula is C10H19O4P. The maximum Gasteiger partial charge on any atom is 0.338 e. The molecule has 0 N–H and O–H groups in total. The first kappa shape index (κ1) is 14.6. The molecule has 0 bridgehead atoms. The van der Waals surface area contributed by atoms with E-state index in [1.165, 1.54) is 0 Å². The molecule has 0 aromatic rings. The zero-order valence-corrected chi connectivity index (χ0v) is 10.5. The SMILES string of the molecule is C=C(CC)C(=O)CP(=O)(OCC)OCC. The van der Waals surface area contributed by atoms with E-state index in [1.807, 2.05) is 6.92 Å². The zero-order valence-electron chi connectivity index (χ0n) is 9.62. The maximum absolute atomic E-state index is 11.9. The smallest absolute Gasteiger partial charge is 0.309 e. The lowest BCUT2D eigenvalue weighted by Crippen LogP contribution is -2.11. The van der Waals surface area contributed by atoms with Crippen molar-refractivity contribution in [1.29, 1.82) is 0 Å². The fourth-order valence-electron chi connectivity index (χ4n) is 1.01. The number of carbonyl (C=O) groups is 1. The predicted molar refractivity (Wildman–Crippen MR) is 60.2 cm³/mol. The molecule has 0 heterocycles. The molecule has 0 aromatic carbocycles. The molecule has 0 saturated heterocycles. The van der Waals surface area contributed by atoms with Crippen molar-refractivity contribution in [2.75, 3.05) is 19.4 Å². The average molecular weight is 234 g/mol. The lowest BCUT2D eigenvalue weighted by Gasteiger charge is -2.16. The largest absolute Gasteiger partial charge is 0.338 e. The average Bonchev–Trinajstić information content (AvgIpc) is 2.16. The van der Waals surface area contributed by atoms with Crippen molar-refractivity contribution in [2.24, 2.45) is 0 Å². The molecule has 0 rings (SSSR count). The third-order valence-electron chi connectivity index (χ3n) is 1.81. The third kappa shape index (κ3) is 5.26. The van der Waals surface area contributed by atoms with Gasteiger partial charge in [0.05, 0.1) is 13.2 Å². The van der Waals surface area contributed by atoms with Crippen LogP contribution in [0.3, 0.4) is 0 Å². The second-order valence-electron chi connectivity index (χ2n) is 2.98. The molecule has 15 heavy (non-hydrogen) atoms. The van der Waals surface area contributed by atoms with Crippen molar-refractivity contribution in [3.05, 3.63) is 12.2 Å². The number of ketones is 1. The highest BCUT2D eigenvalue weighted by atomic mass is 31.2. The van der Waals surface area contributed by atoms with Crippen molar-refractivity contribution >= 4 is 13.4 Å². The van der Waals surface area contributed by atoms with Crippen LogP contribution in [-0.2, 0) is 18.4 Å². The van der Waals surface area contributed by atoms with Crippen LogP contribution >= 0.6 is 7.60 Å². The van der Waals surface area contributed by atoms with E-state index in [1.54, 1.807) is 13.8 Å². The third-order valence-corrected chi connectivity index (χ3v) is 3.79. The molecule has 88 valence electrons. The normalized spacial score (nSPS) is 11.4. The van der Waals surface area contributed by atoms with Gasteiger partial charge >= 0.3 is 7.60 Å². The van der Waals surface area contributed by atoms with Crippen molar-refractivity contribution in [1.82, 2.24) is 0 Å².